The molecule has 0 fully saturated rings. The van der Waals surface area contributed by atoms with Gasteiger partial charge in [-0.2, -0.15) is 5.26 Å². The zero-order valence-electron chi connectivity index (χ0n) is 14.6. The minimum Gasteiger partial charge on any atom is -0.491 e. The summed E-state index contributed by atoms with van der Waals surface area (Å²) in [4.78, 5) is 13.6. The average Bonchev–Trinajstić information content (AvgIpc) is 2.57. The minimum absolute atomic E-state index is 0.117. The van der Waals surface area contributed by atoms with Gasteiger partial charge in [-0.05, 0) is 24.1 Å². The smallest absolute Gasteiger partial charge is 0.337 e. The van der Waals surface area contributed by atoms with Gasteiger partial charge in [-0.15, -0.1) is 0 Å². The summed E-state index contributed by atoms with van der Waals surface area (Å²) in [6.45, 7) is 6.20. The molecule has 0 saturated heterocycles. The van der Waals surface area contributed by atoms with E-state index in [1.165, 1.54) is 7.11 Å². The van der Waals surface area contributed by atoms with E-state index in [1.807, 2.05) is 0 Å². The number of carbonyl (C=O) groups is 1. The van der Waals surface area contributed by atoms with Crippen molar-refractivity contribution in [3.63, 3.8) is 0 Å². The molecule has 1 aromatic carbocycles. The molecule has 0 aliphatic heterocycles. The monoisotopic (exact) mass is 334 g/mol. The summed E-state index contributed by atoms with van der Waals surface area (Å²) in [5.41, 5.74) is 0.403. The summed E-state index contributed by atoms with van der Waals surface area (Å²) < 4.78 is 10.2. The average molecular weight is 334 g/mol. The number of esters is 1. The third kappa shape index (κ3) is 7.44. The molecule has 0 amide bonds. The second-order valence-corrected chi connectivity index (χ2v) is 6.05. The fourth-order valence-electron chi connectivity index (χ4n) is 2.36. The number of hydrogen-bond acceptors (Lipinski definition) is 6. The predicted octanol–water partition coefficient (Wildman–Crippen LogP) is 2.08. The van der Waals surface area contributed by atoms with Gasteiger partial charge >= 0.3 is 5.97 Å². The van der Waals surface area contributed by atoms with Crippen LogP contribution < -0.4 is 4.74 Å². The Kier molecular flexibility index (Phi) is 8.84. The molecule has 0 aromatic heterocycles. The van der Waals surface area contributed by atoms with Crippen molar-refractivity contribution >= 4 is 5.97 Å². The Bertz CT molecular complexity index is 554. The number of nitrogens with zero attached hydrogens (tertiary/aromatic N) is 2. The van der Waals surface area contributed by atoms with E-state index in [0.29, 0.717) is 36.7 Å². The molecule has 1 aromatic rings. The van der Waals surface area contributed by atoms with Crippen molar-refractivity contribution in [1.29, 1.82) is 5.26 Å². The van der Waals surface area contributed by atoms with Crippen molar-refractivity contribution < 1.29 is 19.4 Å². The van der Waals surface area contributed by atoms with Crippen LogP contribution in [0.5, 0.6) is 5.75 Å². The first-order valence-electron chi connectivity index (χ1n) is 8.04. The van der Waals surface area contributed by atoms with E-state index in [0.717, 1.165) is 6.54 Å². The highest BCUT2D eigenvalue weighted by molar-refractivity contribution is 5.89. The minimum atomic E-state index is -0.677. The van der Waals surface area contributed by atoms with Crippen molar-refractivity contribution in [2.24, 2.45) is 5.92 Å². The highest BCUT2D eigenvalue weighted by atomic mass is 16.5. The van der Waals surface area contributed by atoms with E-state index in [1.54, 1.807) is 24.3 Å². The SMILES string of the molecule is COC(=O)c1cccc(OCC(O)CN(CCC#N)CC(C)C)c1. The van der Waals surface area contributed by atoms with E-state index in [-0.39, 0.29) is 6.61 Å². The van der Waals surface area contributed by atoms with Crippen molar-refractivity contribution in [3.05, 3.63) is 29.8 Å². The maximum absolute atomic E-state index is 11.5. The molecule has 0 heterocycles. The van der Waals surface area contributed by atoms with Crippen LogP contribution in [0.1, 0.15) is 30.6 Å². The maximum Gasteiger partial charge on any atom is 0.337 e. The van der Waals surface area contributed by atoms with Gasteiger partial charge in [-0.3, -0.25) is 4.90 Å². The molecule has 0 spiro atoms. The van der Waals surface area contributed by atoms with Crippen molar-refractivity contribution in [2.75, 3.05) is 33.4 Å². The molecule has 1 N–H and O–H groups in total. The number of aliphatic hydroxyl groups is 1. The standard InChI is InChI=1S/C18H26N2O4/c1-14(2)11-20(9-5-8-19)12-16(21)13-24-17-7-4-6-15(10-17)18(22)23-3/h4,6-7,10,14,16,21H,5,9,11-13H2,1-3H3. The second kappa shape index (κ2) is 10.6. The molecule has 1 unspecified atom stereocenters. The number of hydrogen-bond donors (Lipinski definition) is 1. The molecule has 1 rings (SSSR count). The first kappa shape index (κ1) is 19.9. The highest BCUT2D eigenvalue weighted by Gasteiger charge is 2.14. The Morgan fingerprint density at radius 1 is 1.38 bits per heavy atom. The number of benzene rings is 1. The molecule has 0 aliphatic rings. The molecule has 0 bridgehead atoms. The molecule has 0 saturated carbocycles. The summed E-state index contributed by atoms with van der Waals surface area (Å²) in [6, 6.07) is 8.77. The van der Waals surface area contributed by atoms with E-state index in [4.69, 9.17) is 10.00 Å². The summed E-state index contributed by atoms with van der Waals surface area (Å²) in [5.74, 6) is 0.526. The van der Waals surface area contributed by atoms with Crippen molar-refractivity contribution in [3.8, 4) is 11.8 Å². The quantitative estimate of drug-likeness (QED) is 0.660. The Hall–Kier alpha value is -2.10. The number of ether oxygens (including phenoxy) is 2. The third-order valence-electron chi connectivity index (χ3n) is 3.33. The Labute approximate surface area is 143 Å². The van der Waals surface area contributed by atoms with Gasteiger partial charge in [0.15, 0.2) is 0 Å². The summed E-state index contributed by atoms with van der Waals surface area (Å²) >= 11 is 0. The fourth-order valence-corrected chi connectivity index (χ4v) is 2.36. The molecule has 6 nitrogen and oxygen atoms in total. The molecule has 24 heavy (non-hydrogen) atoms. The zero-order chi connectivity index (χ0) is 17.9. The topological polar surface area (TPSA) is 82.8 Å². The number of nitriles is 1. The van der Waals surface area contributed by atoms with Gasteiger partial charge in [0.2, 0.25) is 0 Å². The second-order valence-electron chi connectivity index (χ2n) is 6.05. The molecule has 1 atom stereocenters. The Morgan fingerprint density at radius 2 is 2.12 bits per heavy atom. The van der Waals surface area contributed by atoms with E-state index in [9.17, 15) is 9.90 Å². The number of rotatable bonds is 10. The van der Waals surface area contributed by atoms with Gasteiger partial charge in [-0.1, -0.05) is 19.9 Å². The van der Waals surface area contributed by atoms with Crippen molar-refractivity contribution in [1.82, 2.24) is 4.90 Å². The van der Waals surface area contributed by atoms with E-state index in [2.05, 4.69) is 29.6 Å². The Balaban J connectivity index is 2.53. The van der Waals surface area contributed by atoms with Gasteiger partial charge in [0.1, 0.15) is 18.5 Å². The molecule has 6 heteroatoms. The molecule has 132 valence electrons. The lowest BCUT2D eigenvalue weighted by atomic mass is 10.2. The lowest BCUT2D eigenvalue weighted by molar-refractivity contribution is 0.0597. The van der Waals surface area contributed by atoms with E-state index >= 15 is 0 Å². The van der Waals surface area contributed by atoms with Crippen molar-refractivity contribution in [2.45, 2.75) is 26.4 Å². The van der Waals surface area contributed by atoms with Crippen LogP contribution in [0, 0.1) is 17.2 Å². The van der Waals surface area contributed by atoms with Crippen LogP contribution in [-0.2, 0) is 4.74 Å². The van der Waals surface area contributed by atoms with Crippen LogP contribution in [0.4, 0.5) is 0 Å². The van der Waals surface area contributed by atoms with Gasteiger partial charge in [0, 0.05) is 26.1 Å². The Morgan fingerprint density at radius 3 is 2.75 bits per heavy atom. The van der Waals surface area contributed by atoms with Crippen LogP contribution >= 0.6 is 0 Å². The zero-order valence-corrected chi connectivity index (χ0v) is 14.6. The van der Waals surface area contributed by atoms with Gasteiger partial charge in [-0.25, -0.2) is 4.79 Å². The first-order chi connectivity index (χ1) is 11.5. The number of aliphatic hydroxyl groups excluding tert-OH is 1. The predicted molar refractivity (Wildman–Crippen MR) is 90.8 cm³/mol. The highest BCUT2D eigenvalue weighted by Crippen LogP contribution is 2.14. The van der Waals surface area contributed by atoms with Crippen LogP contribution in [0.2, 0.25) is 0 Å². The summed E-state index contributed by atoms with van der Waals surface area (Å²) in [7, 11) is 1.32. The molecule has 0 radical (unpaired) electrons. The van der Waals surface area contributed by atoms with Crippen LogP contribution in [-0.4, -0.2) is 55.4 Å². The molecular formula is C18H26N2O4. The molecular weight excluding hydrogens is 308 g/mol. The van der Waals surface area contributed by atoms with Gasteiger partial charge < -0.3 is 14.6 Å². The number of methoxy groups -OCH3 is 1. The van der Waals surface area contributed by atoms with Crippen LogP contribution in [0.15, 0.2) is 24.3 Å². The normalized spacial score (nSPS) is 12.0. The number of carbonyl (C=O) groups excluding carboxylic acids is 1. The fraction of sp³-hybridized carbons (Fsp3) is 0.556. The van der Waals surface area contributed by atoms with Gasteiger partial charge in [0.25, 0.3) is 0 Å². The third-order valence-corrected chi connectivity index (χ3v) is 3.33. The maximum atomic E-state index is 11.5. The lowest BCUT2D eigenvalue weighted by Gasteiger charge is -2.25. The van der Waals surface area contributed by atoms with Crippen LogP contribution in [0.25, 0.3) is 0 Å². The lowest BCUT2D eigenvalue weighted by Crippen LogP contribution is -2.38. The molecule has 0 aliphatic carbocycles. The van der Waals surface area contributed by atoms with Gasteiger partial charge in [0.05, 0.1) is 18.7 Å². The largest absolute Gasteiger partial charge is 0.491 e. The summed E-state index contributed by atoms with van der Waals surface area (Å²) in [5, 5.41) is 18.9. The van der Waals surface area contributed by atoms with E-state index < -0.39 is 12.1 Å². The summed E-state index contributed by atoms with van der Waals surface area (Å²) in [6.07, 6.45) is -0.245. The first-order valence-corrected chi connectivity index (χ1v) is 8.04. The van der Waals surface area contributed by atoms with Crippen LogP contribution in [0.3, 0.4) is 0 Å².